The van der Waals surface area contributed by atoms with Crippen LogP contribution in [0.2, 0.25) is 0 Å². The van der Waals surface area contributed by atoms with Crippen molar-refractivity contribution in [2.24, 2.45) is 0 Å². The van der Waals surface area contributed by atoms with Crippen LogP contribution in [-0.2, 0) is 13.8 Å². The zero-order chi connectivity index (χ0) is 10.3. The maximum absolute atomic E-state index is 10.9. The van der Waals surface area contributed by atoms with E-state index < -0.39 is 13.3 Å². The van der Waals surface area contributed by atoms with Crippen LogP contribution in [-0.4, -0.2) is 18.9 Å². The minimum Gasteiger partial charge on any atom is -0.770 e. The van der Waals surface area contributed by atoms with Gasteiger partial charge in [0, 0.05) is 0 Å². The fraction of sp³-hybridized carbons (Fsp3) is 0.857. The van der Waals surface area contributed by atoms with E-state index in [1.54, 1.807) is 0 Å². The summed E-state index contributed by atoms with van der Waals surface area (Å²) in [5, 5.41) is 0. The molecule has 0 aliphatic carbocycles. The number of carbonyl (C=O) groups is 1. The van der Waals surface area contributed by atoms with Crippen molar-refractivity contribution in [2.75, 3.05) is 13.2 Å². The van der Waals surface area contributed by atoms with Crippen LogP contribution in [0.5, 0.6) is 0 Å². The third-order valence-corrected chi connectivity index (χ3v) is 2.35. The summed E-state index contributed by atoms with van der Waals surface area (Å²) in [5.41, 5.74) is -1.29. The molecule has 1 unspecified atom stereocenters. The molecule has 78 valence electrons. The largest absolute Gasteiger partial charge is 1.00 e. The van der Waals surface area contributed by atoms with Gasteiger partial charge in [-0.2, -0.15) is 0 Å². The molecular formula is C7H14LiO5P. The summed E-state index contributed by atoms with van der Waals surface area (Å²) in [6.07, 6.45) is 1.41. The molecular weight excluding hydrogens is 202 g/mol. The van der Waals surface area contributed by atoms with E-state index in [4.69, 9.17) is 0 Å². The van der Waals surface area contributed by atoms with Crippen molar-refractivity contribution in [2.45, 2.75) is 26.7 Å². The van der Waals surface area contributed by atoms with Crippen LogP contribution in [0.1, 0.15) is 26.7 Å². The van der Waals surface area contributed by atoms with Gasteiger partial charge in [-0.15, -0.1) is 0 Å². The summed E-state index contributed by atoms with van der Waals surface area (Å²) < 4.78 is 19.6. The van der Waals surface area contributed by atoms with Crippen molar-refractivity contribution in [3.8, 4) is 0 Å². The Hall–Kier alpha value is 0.217. The van der Waals surface area contributed by atoms with Crippen LogP contribution in [0.25, 0.3) is 0 Å². The second-order valence-corrected chi connectivity index (χ2v) is 4.00. The first-order valence-corrected chi connectivity index (χ1v) is 5.71. The van der Waals surface area contributed by atoms with Gasteiger partial charge in [-0.1, -0.05) is 13.3 Å². The third-order valence-electron chi connectivity index (χ3n) is 1.25. The van der Waals surface area contributed by atoms with Crippen LogP contribution in [0, 0.1) is 0 Å². The van der Waals surface area contributed by atoms with Gasteiger partial charge >= 0.3 is 24.6 Å². The first-order chi connectivity index (χ1) is 6.04. The van der Waals surface area contributed by atoms with Gasteiger partial charge in [-0.3, -0.25) is 4.57 Å². The van der Waals surface area contributed by atoms with E-state index in [1.807, 2.05) is 6.92 Å². The number of ether oxygens (including phenoxy) is 1. The van der Waals surface area contributed by atoms with Crippen LogP contribution < -0.4 is 23.8 Å². The minimum absolute atomic E-state index is 0. The smallest absolute Gasteiger partial charge is 0.770 e. The molecule has 14 heavy (non-hydrogen) atoms. The molecule has 0 aromatic heterocycles. The predicted molar refractivity (Wildman–Crippen MR) is 45.5 cm³/mol. The van der Waals surface area contributed by atoms with Crippen LogP contribution in [0.15, 0.2) is 0 Å². The molecule has 0 heterocycles. The van der Waals surface area contributed by atoms with Gasteiger partial charge in [0.1, 0.15) is 0 Å². The van der Waals surface area contributed by atoms with Crippen molar-refractivity contribution >= 4 is 13.3 Å². The van der Waals surface area contributed by atoms with Crippen molar-refractivity contribution in [1.82, 2.24) is 0 Å². The Kier molecular flexibility index (Phi) is 10.1. The summed E-state index contributed by atoms with van der Waals surface area (Å²) in [6.45, 7) is 3.49. The minimum atomic E-state index is -4.44. The zero-order valence-corrected chi connectivity index (χ0v) is 9.71. The van der Waals surface area contributed by atoms with E-state index in [1.165, 1.54) is 6.92 Å². The summed E-state index contributed by atoms with van der Waals surface area (Å²) in [5.74, 6) is 0. The van der Waals surface area contributed by atoms with Gasteiger partial charge in [-0.25, -0.2) is 4.79 Å². The summed E-state index contributed by atoms with van der Waals surface area (Å²) >= 11 is 0. The molecule has 5 nitrogen and oxygen atoms in total. The third kappa shape index (κ3) is 6.64. The van der Waals surface area contributed by atoms with E-state index in [-0.39, 0.29) is 32.1 Å². The number of unbranched alkanes of at least 4 members (excludes halogenated alkanes) is 1. The summed E-state index contributed by atoms with van der Waals surface area (Å²) in [4.78, 5) is 21.7. The average molecular weight is 216 g/mol. The summed E-state index contributed by atoms with van der Waals surface area (Å²) in [7, 11) is -4.44. The molecule has 0 aromatic rings. The van der Waals surface area contributed by atoms with E-state index >= 15 is 0 Å². The Labute approximate surface area is 95.9 Å². The molecule has 0 amide bonds. The maximum atomic E-state index is 10.9. The number of rotatable bonds is 6. The van der Waals surface area contributed by atoms with Gasteiger partial charge in [0.15, 0.2) is 0 Å². The Morgan fingerprint density at radius 2 is 2.00 bits per heavy atom. The first kappa shape index (κ1) is 16.6. The predicted octanol–water partition coefficient (Wildman–Crippen LogP) is -1.48. The molecule has 0 aliphatic rings. The molecule has 0 radical (unpaired) electrons. The topological polar surface area (TPSA) is 75.7 Å². The molecule has 0 aromatic carbocycles. The SMILES string of the molecule is CCCCOP(=O)([O-])C(=O)OCC.[Li+]. The van der Waals surface area contributed by atoms with Crippen LogP contribution >= 0.6 is 7.60 Å². The Bertz CT molecular complexity index is 208. The van der Waals surface area contributed by atoms with Gasteiger partial charge < -0.3 is 14.2 Å². The van der Waals surface area contributed by atoms with Crippen LogP contribution in [0.4, 0.5) is 4.79 Å². The quantitative estimate of drug-likeness (QED) is 0.307. The van der Waals surface area contributed by atoms with Crippen LogP contribution in [0.3, 0.4) is 0 Å². The normalized spacial score (nSPS) is 13.9. The van der Waals surface area contributed by atoms with Gasteiger partial charge in [0.05, 0.1) is 13.2 Å². The monoisotopic (exact) mass is 216 g/mol. The first-order valence-electron chi connectivity index (χ1n) is 4.17. The van der Waals surface area contributed by atoms with E-state index in [2.05, 4.69) is 9.26 Å². The Morgan fingerprint density at radius 3 is 2.43 bits per heavy atom. The molecule has 0 bridgehead atoms. The van der Waals surface area contributed by atoms with E-state index in [0.29, 0.717) is 6.42 Å². The van der Waals surface area contributed by atoms with E-state index in [9.17, 15) is 14.3 Å². The molecule has 0 saturated carbocycles. The van der Waals surface area contributed by atoms with Crippen molar-refractivity contribution < 1.29 is 42.4 Å². The molecule has 0 fully saturated rings. The Balaban J connectivity index is 0. The molecule has 0 saturated heterocycles. The second kappa shape index (κ2) is 8.52. The zero-order valence-electron chi connectivity index (χ0n) is 8.82. The Morgan fingerprint density at radius 1 is 1.43 bits per heavy atom. The molecule has 0 spiro atoms. The standard InChI is InChI=1S/C7H15O5P.Li/c1-3-5-6-12-13(9,10)7(8)11-4-2;/h3-6H2,1-2H3,(H,9,10);/q;+1/p-1. The summed E-state index contributed by atoms with van der Waals surface area (Å²) in [6, 6.07) is 0. The fourth-order valence-electron chi connectivity index (χ4n) is 0.584. The van der Waals surface area contributed by atoms with Gasteiger partial charge in [0.2, 0.25) is 7.60 Å². The maximum Gasteiger partial charge on any atom is 1.00 e. The molecule has 7 heteroatoms. The van der Waals surface area contributed by atoms with Gasteiger partial charge in [-0.05, 0) is 13.3 Å². The van der Waals surface area contributed by atoms with E-state index in [0.717, 1.165) is 6.42 Å². The molecule has 1 atom stereocenters. The number of hydrogen-bond donors (Lipinski definition) is 0. The second-order valence-electron chi connectivity index (χ2n) is 2.38. The average Bonchev–Trinajstić information content (AvgIpc) is 2.05. The van der Waals surface area contributed by atoms with Crippen molar-refractivity contribution in [3.63, 3.8) is 0 Å². The number of hydrogen-bond acceptors (Lipinski definition) is 5. The molecule has 0 N–H and O–H groups in total. The molecule has 0 aliphatic heterocycles. The number of carbonyl (C=O) groups excluding carboxylic acids is 1. The molecule has 0 rings (SSSR count). The fourth-order valence-corrected chi connectivity index (χ4v) is 1.35. The van der Waals surface area contributed by atoms with Crippen molar-refractivity contribution in [1.29, 1.82) is 0 Å². The van der Waals surface area contributed by atoms with Gasteiger partial charge in [0.25, 0.3) is 0 Å². The van der Waals surface area contributed by atoms with Crippen molar-refractivity contribution in [3.05, 3.63) is 0 Å².